The topological polar surface area (TPSA) is 74.6 Å². The highest BCUT2D eigenvalue weighted by Gasteiger charge is 2.27. The van der Waals surface area contributed by atoms with Crippen LogP contribution in [-0.4, -0.2) is 25.3 Å². The predicted molar refractivity (Wildman–Crippen MR) is 161 cm³/mol. The zero-order valence-electron chi connectivity index (χ0n) is 22.9. The zero-order chi connectivity index (χ0) is 27.7. The molecule has 0 spiro atoms. The number of benzene rings is 3. The summed E-state index contributed by atoms with van der Waals surface area (Å²) in [4.78, 5) is 3.33. The number of allylic oxidation sites excluding steroid dienone is 2. The van der Waals surface area contributed by atoms with E-state index in [0.717, 1.165) is 57.6 Å². The Balaban J connectivity index is 1.57. The van der Waals surface area contributed by atoms with Gasteiger partial charge in [-0.25, -0.2) is 0 Å². The molecule has 2 heterocycles. The van der Waals surface area contributed by atoms with Crippen LogP contribution in [0, 0.1) is 13.8 Å². The lowest BCUT2D eigenvalue weighted by atomic mass is 10.1. The molecule has 8 heteroatoms. The summed E-state index contributed by atoms with van der Waals surface area (Å²) in [5, 5.41) is 3.41. The second-order valence-corrected chi connectivity index (χ2v) is 12.7. The van der Waals surface area contributed by atoms with E-state index in [1.807, 2.05) is 0 Å². The lowest BCUT2D eigenvalue weighted by Gasteiger charge is -2.21. The van der Waals surface area contributed by atoms with E-state index in [2.05, 4.69) is 97.8 Å². The molecule has 0 saturated carbocycles. The number of aromatic nitrogens is 1. The summed E-state index contributed by atoms with van der Waals surface area (Å²) in [6.07, 6.45) is 6.44. The van der Waals surface area contributed by atoms with Crippen LogP contribution in [0.2, 0.25) is 0 Å². The smallest absolute Gasteiger partial charge is 0.374 e. The number of aryl methyl sites for hydroxylation is 3. The summed E-state index contributed by atoms with van der Waals surface area (Å²) >= 11 is 1.70. The SMILES string of the molecule is CCC[n+]1c(C=C(C=C2Sc3cc(C)c(C)cc3N2CCCS(=O)(=O)O)CC)oc2ccc3ccccc3c21. The number of fused-ring (bicyclic) bond motifs is 4. The molecule has 0 radical (unpaired) electrons. The summed E-state index contributed by atoms with van der Waals surface area (Å²) in [5.74, 6) is 0.559. The average Bonchev–Trinajstić information content (AvgIpc) is 3.40. The van der Waals surface area contributed by atoms with Gasteiger partial charge in [-0.15, -0.1) is 0 Å². The summed E-state index contributed by atoms with van der Waals surface area (Å²) in [6.45, 7) is 9.85. The number of nitrogens with zero attached hydrogens (tertiary/aromatic N) is 2. The van der Waals surface area contributed by atoms with Crippen molar-refractivity contribution in [2.75, 3.05) is 17.2 Å². The molecule has 0 unspecified atom stereocenters. The highest BCUT2D eigenvalue weighted by molar-refractivity contribution is 8.03. The minimum atomic E-state index is -4.01. The van der Waals surface area contributed by atoms with E-state index >= 15 is 0 Å². The molecule has 39 heavy (non-hydrogen) atoms. The van der Waals surface area contributed by atoms with Crippen molar-refractivity contribution in [3.63, 3.8) is 0 Å². The Labute approximate surface area is 234 Å². The summed E-state index contributed by atoms with van der Waals surface area (Å²) < 4.78 is 40.8. The molecular weight excluding hydrogens is 528 g/mol. The third kappa shape index (κ3) is 5.78. The van der Waals surface area contributed by atoms with Crippen LogP contribution in [0.5, 0.6) is 0 Å². The molecule has 1 N–H and O–H groups in total. The van der Waals surface area contributed by atoms with Crippen LogP contribution in [0.25, 0.3) is 27.9 Å². The first kappa shape index (κ1) is 27.5. The van der Waals surface area contributed by atoms with Gasteiger partial charge in [-0.05, 0) is 79.1 Å². The summed E-state index contributed by atoms with van der Waals surface area (Å²) in [7, 11) is -4.01. The monoisotopic (exact) mass is 563 g/mol. The van der Waals surface area contributed by atoms with Crippen molar-refractivity contribution < 1.29 is 22.0 Å². The van der Waals surface area contributed by atoms with Crippen LogP contribution in [0.1, 0.15) is 50.1 Å². The van der Waals surface area contributed by atoms with Crippen molar-refractivity contribution >= 4 is 55.5 Å². The highest BCUT2D eigenvalue weighted by atomic mass is 32.2. The van der Waals surface area contributed by atoms with Gasteiger partial charge in [0.25, 0.3) is 15.6 Å². The number of hydrogen-bond donors (Lipinski definition) is 1. The Morgan fingerprint density at radius 2 is 1.87 bits per heavy atom. The minimum Gasteiger partial charge on any atom is -0.398 e. The van der Waals surface area contributed by atoms with E-state index in [1.54, 1.807) is 11.8 Å². The van der Waals surface area contributed by atoms with Gasteiger partial charge in [-0.2, -0.15) is 13.0 Å². The van der Waals surface area contributed by atoms with Gasteiger partial charge >= 0.3 is 5.89 Å². The van der Waals surface area contributed by atoms with Crippen molar-refractivity contribution in [3.8, 4) is 0 Å². The lowest BCUT2D eigenvalue weighted by molar-refractivity contribution is -0.677. The van der Waals surface area contributed by atoms with E-state index in [9.17, 15) is 13.0 Å². The van der Waals surface area contributed by atoms with Gasteiger partial charge in [-0.3, -0.25) is 4.55 Å². The van der Waals surface area contributed by atoms with Gasteiger partial charge in [0, 0.05) is 17.9 Å². The minimum absolute atomic E-state index is 0.262. The Morgan fingerprint density at radius 3 is 2.62 bits per heavy atom. The summed E-state index contributed by atoms with van der Waals surface area (Å²) in [6, 6.07) is 16.9. The van der Waals surface area contributed by atoms with E-state index in [1.165, 1.54) is 21.9 Å². The van der Waals surface area contributed by atoms with Gasteiger partial charge in [0.15, 0.2) is 6.54 Å². The van der Waals surface area contributed by atoms with Crippen molar-refractivity contribution in [2.45, 2.75) is 58.4 Å². The molecule has 1 aliphatic heterocycles. The van der Waals surface area contributed by atoms with Crippen LogP contribution >= 0.6 is 11.8 Å². The lowest BCUT2D eigenvalue weighted by Crippen LogP contribution is -2.35. The normalized spacial score (nSPS) is 15.2. The standard InChI is InChI=1S/C31H34N2O4S2/c1-5-14-33-29(37-27-13-12-24-10-7-8-11-25(24)31(27)33)19-23(6-2)20-30-32(15-9-16-39(34,35)36)26-17-21(3)22(4)18-28(26)38-30/h7-8,10-13,17-20H,5-6,9,14-16H2,1-4H3/p+1. The first-order valence-corrected chi connectivity index (χ1v) is 15.9. The fourth-order valence-electron chi connectivity index (χ4n) is 5.09. The Morgan fingerprint density at radius 1 is 1.10 bits per heavy atom. The first-order chi connectivity index (χ1) is 18.7. The molecule has 1 aromatic heterocycles. The molecule has 0 aliphatic carbocycles. The van der Waals surface area contributed by atoms with Crippen molar-refractivity contribution in [1.29, 1.82) is 0 Å². The number of anilines is 1. The maximum atomic E-state index is 11.4. The van der Waals surface area contributed by atoms with Gasteiger partial charge in [-0.1, -0.05) is 49.9 Å². The largest absolute Gasteiger partial charge is 0.398 e. The fourth-order valence-corrected chi connectivity index (χ4v) is 6.83. The Hall–Kier alpha value is -3.07. The van der Waals surface area contributed by atoms with Crippen LogP contribution < -0.4 is 9.47 Å². The first-order valence-electron chi connectivity index (χ1n) is 13.5. The molecule has 0 bridgehead atoms. The molecule has 0 fully saturated rings. The Kier molecular flexibility index (Phi) is 7.89. The van der Waals surface area contributed by atoms with Crippen LogP contribution in [0.4, 0.5) is 5.69 Å². The molecule has 0 amide bonds. The van der Waals surface area contributed by atoms with E-state index in [4.69, 9.17) is 4.42 Å². The molecule has 0 saturated heterocycles. The predicted octanol–water partition coefficient (Wildman–Crippen LogP) is 7.43. The Bertz CT molecular complexity index is 1720. The highest BCUT2D eigenvalue weighted by Crippen LogP contribution is 2.47. The maximum absolute atomic E-state index is 11.4. The number of hydrogen-bond acceptors (Lipinski definition) is 5. The van der Waals surface area contributed by atoms with Crippen LogP contribution in [-0.2, 0) is 16.7 Å². The summed E-state index contributed by atoms with van der Waals surface area (Å²) in [5.41, 5.74) is 6.60. The molecule has 0 atom stereocenters. The van der Waals surface area contributed by atoms with Gasteiger partial charge in [0.2, 0.25) is 5.58 Å². The van der Waals surface area contributed by atoms with E-state index in [-0.39, 0.29) is 5.75 Å². The molecule has 4 aromatic rings. The fraction of sp³-hybridized carbons (Fsp3) is 0.323. The van der Waals surface area contributed by atoms with E-state index < -0.39 is 10.1 Å². The van der Waals surface area contributed by atoms with Gasteiger partial charge in [0.1, 0.15) is 0 Å². The van der Waals surface area contributed by atoms with Crippen LogP contribution in [0.15, 0.2) is 74.5 Å². The molecule has 5 rings (SSSR count). The van der Waals surface area contributed by atoms with Gasteiger partial charge < -0.3 is 9.32 Å². The number of oxazole rings is 1. The average molecular weight is 564 g/mol. The molecule has 204 valence electrons. The maximum Gasteiger partial charge on any atom is 0.374 e. The molecule has 1 aliphatic rings. The molecule has 3 aromatic carbocycles. The van der Waals surface area contributed by atoms with Crippen molar-refractivity contribution in [3.05, 3.63) is 82.2 Å². The second-order valence-electron chi connectivity index (χ2n) is 10.1. The van der Waals surface area contributed by atoms with E-state index in [0.29, 0.717) is 13.0 Å². The van der Waals surface area contributed by atoms with Crippen LogP contribution in [0.3, 0.4) is 0 Å². The van der Waals surface area contributed by atoms with Crippen molar-refractivity contribution in [2.24, 2.45) is 0 Å². The number of rotatable bonds is 9. The third-order valence-electron chi connectivity index (χ3n) is 7.22. The number of thioether (sulfide) groups is 1. The second kappa shape index (κ2) is 11.2. The van der Waals surface area contributed by atoms with Crippen molar-refractivity contribution in [1.82, 2.24) is 0 Å². The molecular formula is C31H35N2O4S2+. The van der Waals surface area contributed by atoms with Gasteiger partial charge in [0.05, 0.1) is 27.9 Å². The zero-order valence-corrected chi connectivity index (χ0v) is 24.5. The quantitative estimate of drug-likeness (QED) is 0.169. The third-order valence-corrected chi connectivity index (χ3v) is 9.12. The molecule has 6 nitrogen and oxygen atoms in total.